The molecule has 4 rings (SSSR count). The van der Waals surface area contributed by atoms with E-state index in [9.17, 15) is 9.59 Å². The van der Waals surface area contributed by atoms with Crippen LogP contribution >= 0.6 is 11.3 Å². The molecule has 0 spiro atoms. The van der Waals surface area contributed by atoms with Crippen LogP contribution < -0.4 is 5.32 Å². The molecule has 1 amide bonds. The molecule has 0 bridgehead atoms. The van der Waals surface area contributed by atoms with Gasteiger partial charge in [-0.1, -0.05) is 36.4 Å². The number of hydrogen-bond acceptors (Lipinski definition) is 3. The Morgan fingerprint density at radius 3 is 2.52 bits per heavy atom. The molecule has 2 heterocycles. The van der Waals surface area contributed by atoms with Crippen molar-refractivity contribution in [3.63, 3.8) is 0 Å². The number of hydrogen-bond donors (Lipinski definition) is 1. The highest BCUT2D eigenvalue weighted by Crippen LogP contribution is 2.38. The summed E-state index contributed by atoms with van der Waals surface area (Å²) in [7, 11) is 0. The predicted molar refractivity (Wildman–Crippen MR) is 91.4 cm³/mol. The highest BCUT2D eigenvalue weighted by Gasteiger charge is 2.42. The van der Waals surface area contributed by atoms with E-state index in [2.05, 4.69) is 17.4 Å². The molecule has 23 heavy (non-hydrogen) atoms. The number of ketones is 1. The summed E-state index contributed by atoms with van der Waals surface area (Å²) < 4.78 is 0. The number of benzene rings is 2. The Kier molecular flexibility index (Phi) is 3.27. The lowest BCUT2D eigenvalue weighted by atomic mass is 9.77. The summed E-state index contributed by atoms with van der Waals surface area (Å²) in [5.41, 5.74) is 1.17. The van der Waals surface area contributed by atoms with Crippen molar-refractivity contribution in [2.75, 3.05) is 0 Å². The second-order valence-corrected chi connectivity index (χ2v) is 6.70. The van der Waals surface area contributed by atoms with Gasteiger partial charge in [-0.3, -0.25) is 9.59 Å². The number of carbonyl (C=O) groups is 2. The molecule has 1 aliphatic rings. The van der Waals surface area contributed by atoms with E-state index < -0.39 is 5.54 Å². The molecule has 1 atom stereocenters. The van der Waals surface area contributed by atoms with Crippen molar-refractivity contribution in [3.05, 3.63) is 70.4 Å². The number of carbonyl (C=O) groups excluding carboxylic acids is 2. The molecule has 1 N–H and O–H groups in total. The number of nitrogens with one attached hydrogen (secondary N) is 1. The van der Waals surface area contributed by atoms with Gasteiger partial charge in [-0.15, -0.1) is 0 Å². The van der Waals surface area contributed by atoms with Gasteiger partial charge in [0.15, 0.2) is 0 Å². The molecule has 4 heteroatoms. The van der Waals surface area contributed by atoms with Gasteiger partial charge in [-0.2, -0.15) is 11.3 Å². The van der Waals surface area contributed by atoms with Crippen LogP contribution in [0.25, 0.3) is 10.8 Å². The van der Waals surface area contributed by atoms with Gasteiger partial charge in [0.05, 0.1) is 12.0 Å². The Morgan fingerprint density at radius 2 is 1.78 bits per heavy atom. The smallest absolute Gasteiger partial charge is 0.228 e. The van der Waals surface area contributed by atoms with Crippen molar-refractivity contribution in [1.29, 1.82) is 0 Å². The zero-order valence-electron chi connectivity index (χ0n) is 12.4. The van der Waals surface area contributed by atoms with Crippen molar-refractivity contribution in [2.24, 2.45) is 0 Å². The van der Waals surface area contributed by atoms with Crippen LogP contribution in [0.1, 0.15) is 24.0 Å². The molecule has 1 fully saturated rings. The van der Waals surface area contributed by atoms with E-state index in [1.807, 2.05) is 47.2 Å². The van der Waals surface area contributed by atoms with E-state index in [1.54, 1.807) is 11.3 Å². The molecule has 114 valence electrons. The van der Waals surface area contributed by atoms with Gasteiger partial charge in [0.1, 0.15) is 5.78 Å². The van der Waals surface area contributed by atoms with Gasteiger partial charge in [-0.25, -0.2) is 0 Å². The van der Waals surface area contributed by atoms with Crippen molar-refractivity contribution >= 4 is 33.8 Å². The fourth-order valence-corrected chi connectivity index (χ4v) is 4.07. The lowest BCUT2D eigenvalue weighted by Gasteiger charge is -2.37. The van der Waals surface area contributed by atoms with Gasteiger partial charge < -0.3 is 5.32 Å². The SMILES string of the molecule is O=C1CC(=O)NC(c2ccsc2)(c2ccc3ccccc3c2)C1. The van der Waals surface area contributed by atoms with Gasteiger partial charge in [0.25, 0.3) is 0 Å². The Labute approximate surface area is 138 Å². The van der Waals surface area contributed by atoms with Crippen LogP contribution in [0.3, 0.4) is 0 Å². The zero-order valence-corrected chi connectivity index (χ0v) is 13.2. The van der Waals surface area contributed by atoms with E-state index in [1.165, 1.54) is 0 Å². The summed E-state index contributed by atoms with van der Waals surface area (Å²) in [6.07, 6.45) is 0.271. The first kappa shape index (κ1) is 14.2. The van der Waals surface area contributed by atoms with E-state index >= 15 is 0 Å². The summed E-state index contributed by atoms with van der Waals surface area (Å²) in [6.45, 7) is 0. The molecule has 3 aromatic rings. The van der Waals surface area contributed by atoms with Crippen LogP contribution in [0.2, 0.25) is 0 Å². The summed E-state index contributed by atoms with van der Waals surface area (Å²) in [5, 5.41) is 9.32. The first-order chi connectivity index (χ1) is 11.2. The third-order valence-electron chi connectivity index (χ3n) is 4.43. The van der Waals surface area contributed by atoms with E-state index in [0.29, 0.717) is 6.42 Å². The second kappa shape index (κ2) is 5.32. The topological polar surface area (TPSA) is 46.2 Å². The number of piperidine rings is 1. The molecule has 2 aromatic carbocycles. The molecule has 1 unspecified atom stereocenters. The van der Waals surface area contributed by atoms with Crippen molar-refractivity contribution in [3.8, 4) is 0 Å². The van der Waals surface area contributed by atoms with Crippen LogP contribution in [0, 0.1) is 0 Å². The summed E-state index contributed by atoms with van der Waals surface area (Å²) in [6, 6.07) is 16.2. The third-order valence-corrected chi connectivity index (χ3v) is 5.11. The minimum Gasteiger partial charge on any atom is -0.342 e. The summed E-state index contributed by atoms with van der Waals surface area (Å²) in [5.74, 6) is -0.228. The molecular formula is C19H15NO2S. The zero-order chi connectivity index (χ0) is 15.9. The fourth-order valence-electron chi connectivity index (χ4n) is 3.34. The van der Waals surface area contributed by atoms with Crippen molar-refractivity contribution in [2.45, 2.75) is 18.4 Å². The predicted octanol–water partition coefficient (Wildman–Crippen LogP) is 3.62. The standard InChI is InChI=1S/C19H15NO2S/c21-17-10-18(22)20-19(11-17,16-7-8-23-12-16)15-6-5-13-3-1-2-4-14(13)9-15/h1-9,12H,10-11H2,(H,20,22). The maximum Gasteiger partial charge on any atom is 0.228 e. The molecule has 1 aromatic heterocycles. The Bertz CT molecular complexity index is 883. The minimum absolute atomic E-state index is 0.0203. The molecule has 0 radical (unpaired) electrons. The third kappa shape index (κ3) is 2.35. The van der Waals surface area contributed by atoms with Crippen LogP contribution in [0.5, 0.6) is 0 Å². The lowest BCUT2D eigenvalue weighted by Crippen LogP contribution is -2.52. The first-order valence-electron chi connectivity index (χ1n) is 7.52. The number of rotatable bonds is 2. The average molecular weight is 321 g/mol. The molecular weight excluding hydrogens is 306 g/mol. The van der Waals surface area contributed by atoms with Crippen molar-refractivity contribution < 1.29 is 9.59 Å². The molecule has 0 saturated carbocycles. The fraction of sp³-hybridized carbons (Fsp3) is 0.158. The van der Waals surface area contributed by atoms with E-state index in [-0.39, 0.29) is 18.1 Å². The average Bonchev–Trinajstić information content (AvgIpc) is 3.08. The van der Waals surface area contributed by atoms with E-state index in [4.69, 9.17) is 0 Å². The number of Topliss-reactive ketones (excluding diaryl/α,β-unsaturated/α-hetero) is 1. The Morgan fingerprint density at radius 1 is 0.957 bits per heavy atom. The quantitative estimate of drug-likeness (QED) is 0.733. The Balaban J connectivity index is 1.93. The van der Waals surface area contributed by atoms with Gasteiger partial charge in [0, 0.05) is 6.42 Å². The molecule has 1 aliphatic heterocycles. The highest BCUT2D eigenvalue weighted by atomic mass is 32.1. The number of amides is 1. The van der Waals surface area contributed by atoms with E-state index in [0.717, 1.165) is 21.9 Å². The first-order valence-corrected chi connectivity index (χ1v) is 8.46. The highest BCUT2D eigenvalue weighted by molar-refractivity contribution is 7.08. The normalized spacial score (nSPS) is 21.4. The lowest BCUT2D eigenvalue weighted by molar-refractivity contribution is -0.133. The van der Waals surface area contributed by atoms with Gasteiger partial charge in [-0.05, 0) is 44.8 Å². The second-order valence-electron chi connectivity index (χ2n) is 5.92. The Hall–Kier alpha value is -2.46. The van der Waals surface area contributed by atoms with Crippen LogP contribution in [0.4, 0.5) is 0 Å². The van der Waals surface area contributed by atoms with Crippen LogP contribution in [-0.4, -0.2) is 11.7 Å². The summed E-state index contributed by atoms with van der Waals surface area (Å²) >= 11 is 1.57. The monoisotopic (exact) mass is 321 g/mol. The maximum absolute atomic E-state index is 12.2. The maximum atomic E-state index is 12.2. The van der Waals surface area contributed by atoms with Gasteiger partial charge >= 0.3 is 0 Å². The molecule has 1 saturated heterocycles. The number of fused-ring (bicyclic) bond motifs is 1. The number of thiophene rings is 1. The van der Waals surface area contributed by atoms with Gasteiger partial charge in [0.2, 0.25) is 5.91 Å². The largest absolute Gasteiger partial charge is 0.342 e. The van der Waals surface area contributed by atoms with Crippen LogP contribution in [-0.2, 0) is 15.1 Å². The summed E-state index contributed by atoms with van der Waals surface area (Å²) in [4.78, 5) is 24.3. The van der Waals surface area contributed by atoms with Crippen LogP contribution in [0.15, 0.2) is 59.3 Å². The van der Waals surface area contributed by atoms with Crippen molar-refractivity contribution in [1.82, 2.24) is 5.32 Å². The molecule has 3 nitrogen and oxygen atoms in total. The minimum atomic E-state index is -0.754. The molecule has 0 aliphatic carbocycles.